The zero-order valence-electron chi connectivity index (χ0n) is 13.0. The van der Waals surface area contributed by atoms with Crippen molar-refractivity contribution in [3.63, 3.8) is 0 Å². The van der Waals surface area contributed by atoms with E-state index in [-0.39, 0.29) is 30.1 Å². The van der Waals surface area contributed by atoms with Crippen LogP contribution in [0, 0.1) is 0 Å². The average molecular weight is 310 g/mol. The summed E-state index contributed by atoms with van der Waals surface area (Å²) in [6.45, 7) is 4.24. The SMILES string of the molecule is CCCOC(=O)c1ccc(C(=O)OCCC)c(OCCO)c1. The van der Waals surface area contributed by atoms with Crippen LogP contribution in [-0.2, 0) is 9.47 Å². The number of benzene rings is 1. The first kappa shape index (κ1) is 18.0. The van der Waals surface area contributed by atoms with E-state index in [4.69, 9.17) is 19.3 Å². The Morgan fingerprint density at radius 3 is 2.23 bits per heavy atom. The molecule has 1 N–H and O–H groups in total. The van der Waals surface area contributed by atoms with E-state index in [1.807, 2.05) is 13.8 Å². The van der Waals surface area contributed by atoms with Crippen molar-refractivity contribution in [1.29, 1.82) is 0 Å². The number of carbonyl (C=O) groups excluding carboxylic acids is 2. The molecule has 0 heterocycles. The van der Waals surface area contributed by atoms with Gasteiger partial charge in [0.1, 0.15) is 17.9 Å². The second-order valence-corrected chi connectivity index (χ2v) is 4.55. The molecule has 0 fully saturated rings. The summed E-state index contributed by atoms with van der Waals surface area (Å²) in [6, 6.07) is 4.38. The minimum Gasteiger partial charge on any atom is -0.490 e. The molecule has 1 aromatic rings. The normalized spacial score (nSPS) is 10.1. The number of esters is 2. The Balaban J connectivity index is 2.96. The Morgan fingerprint density at radius 2 is 1.64 bits per heavy atom. The van der Waals surface area contributed by atoms with Crippen molar-refractivity contribution in [1.82, 2.24) is 0 Å². The van der Waals surface area contributed by atoms with Gasteiger partial charge in [0.2, 0.25) is 0 Å². The Morgan fingerprint density at radius 1 is 1.00 bits per heavy atom. The summed E-state index contributed by atoms with van der Waals surface area (Å²) in [5.41, 5.74) is 0.502. The van der Waals surface area contributed by atoms with Gasteiger partial charge in [0.15, 0.2) is 0 Å². The topological polar surface area (TPSA) is 82.1 Å². The van der Waals surface area contributed by atoms with Crippen molar-refractivity contribution < 1.29 is 28.9 Å². The molecule has 0 aromatic heterocycles. The summed E-state index contributed by atoms with van der Waals surface area (Å²) in [5, 5.41) is 8.86. The van der Waals surface area contributed by atoms with Crippen LogP contribution in [0.4, 0.5) is 0 Å². The van der Waals surface area contributed by atoms with Crippen molar-refractivity contribution in [2.45, 2.75) is 26.7 Å². The maximum Gasteiger partial charge on any atom is 0.341 e. The third kappa shape index (κ3) is 5.37. The fraction of sp³-hybridized carbons (Fsp3) is 0.500. The third-order valence-electron chi connectivity index (χ3n) is 2.66. The zero-order chi connectivity index (χ0) is 16.4. The molecule has 0 atom stereocenters. The lowest BCUT2D eigenvalue weighted by molar-refractivity contribution is 0.0485. The highest BCUT2D eigenvalue weighted by Gasteiger charge is 2.17. The van der Waals surface area contributed by atoms with Gasteiger partial charge >= 0.3 is 11.9 Å². The Hall–Kier alpha value is -2.08. The number of rotatable bonds is 9. The van der Waals surface area contributed by atoms with E-state index in [0.29, 0.717) is 19.6 Å². The molecule has 0 amide bonds. The molecular weight excluding hydrogens is 288 g/mol. The zero-order valence-corrected chi connectivity index (χ0v) is 13.0. The van der Waals surface area contributed by atoms with Gasteiger partial charge in [0, 0.05) is 0 Å². The lowest BCUT2D eigenvalue weighted by Gasteiger charge is -2.12. The van der Waals surface area contributed by atoms with Gasteiger partial charge in [-0.15, -0.1) is 0 Å². The number of aliphatic hydroxyl groups excluding tert-OH is 1. The van der Waals surface area contributed by atoms with E-state index in [1.165, 1.54) is 18.2 Å². The molecule has 0 aliphatic carbocycles. The van der Waals surface area contributed by atoms with E-state index in [1.54, 1.807) is 0 Å². The molecule has 0 saturated heterocycles. The molecule has 0 unspecified atom stereocenters. The van der Waals surface area contributed by atoms with Crippen molar-refractivity contribution in [2.24, 2.45) is 0 Å². The number of hydrogen-bond acceptors (Lipinski definition) is 6. The molecule has 0 spiro atoms. The molecule has 0 saturated carbocycles. The largest absolute Gasteiger partial charge is 0.490 e. The number of hydrogen-bond donors (Lipinski definition) is 1. The van der Waals surface area contributed by atoms with Gasteiger partial charge in [-0.2, -0.15) is 0 Å². The van der Waals surface area contributed by atoms with Gasteiger partial charge < -0.3 is 19.3 Å². The molecule has 0 aliphatic heterocycles. The molecule has 22 heavy (non-hydrogen) atoms. The summed E-state index contributed by atoms with van der Waals surface area (Å²) in [5.74, 6) is -0.812. The average Bonchev–Trinajstić information content (AvgIpc) is 2.55. The van der Waals surface area contributed by atoms with Crippen molar-refractivity contribution in [3.05, 3.63) is 29.3 Å². The molecule has 1 rings (SSSR count). The van der Waals surface area contributed by atoms with E-state index in [9.17, 15) is 9.59 Å². The second-order valence-electron chi connectivity index (χ2n) is 4.55. The van der Waals surface area contributed by atoms with E-state index in [2.05, 4.69) is 0 Å². The Bertz CT molecular complexity index is 497. The first-order chi connectivity index (χ1) is 10.6. The van der Waals surface area contributed by atoms with Crippen molar-refractivity contribution in [3.8, 4) is 5.75 Å². The minimum absolute atomic E-state index is 0.0154. The van der Waals surface area contributed by atoms with Crippen LogP contribution in [0.5, 0.6) is 5.75 Å². The molecule has 6 heteroatoms. The van der Waals surface area contributed by atoms with E-state index < -0.39 is 11.9 Å². The first-order valence-corrected chi connectivity index (χ1v) is 7.36. The smallest absolute Gasteiger partial charge is 0.341 e. The molecule has 0 bridgehead atoms. The minimum atomic E-state index is -0.525. The summed E-state index contributed by atoms with van der Waals surface area (Å²) < 4.78 is 15.4. The van der Waals surface area contributed by atoms with E-state index >= 15 is 0 Å². The predicted molar refractivity (Wildman–Crippen MR) is 80.2 cm³/mol. The lowest BCUT2D eigenvalue weighted by Crippen LogP contribution is -2.12. The molecule has 0 radical (unpaired) electrons. The monoisotopic (exact) mass is 310 g/mol. The summed E-state index contributed by atoms with van der Waals surface area (Å²) in [4.78, 5) is 23.8. The summed E-state index contributed by atoms with van der Waals surface area (Å²) in [6.07, 6.45) is 1.43. The fourth-order valence-corrected chi connectivity index (χ4v) is 1.64. The molecule has 122 valence electrons. The highest BCUT2D eigenvalue weighted by Crippen LogP contribution is 2.22. The van der Waals surface area contributed by atoms with Crippen LogP contribution in [0.1, 0.15) is 47.4 Å². The van der Waals surface area contributed by atoms with Gasteiger partial charge in [-0.25, -0.2) is 9.59 Å². The second kappa shape index (κ2) is 9.78. The Labute approximate surface area is 130 Å². The van der Waals surface area contributed by atoms with Gasteiger partial charge in [-0.3, -0.25) is 0 Å². The standard InChI is InChI=1S/C16H22O6/c1-3-8-21-15(18)12-5-6-13(16(19)22-9-4-2)14(11-12)20-10-7-17/h5-6,11,17H,3-4,7-10H2,1-2H3. The lowest BCUT2D eigenvalue weighted by atomic mass is 10.1. The molecule has 1 aromatic carbocycles. The summed E-state index contributed by atoms with van der Waals surface area (Å²) in [7, 11) is 0. The maximum absolute atomic E-state index is 12.0. The molecule has 6 nitrogen and oxygen atoms in total. The highest BCUT2D eigenvalue weighted by molar-refractivity contribution is 5.96. The maximum atomic E-state index is 12.0. The number of aliphatic hydroxyl groups is 1. The van der Waals surface area contributed by atoms with Gasteiger partial charge in [0.25, 0.3) is 0 Å². The van der Waals surface area contributed by atoms with Crippen molar-refractivity contribution >= 4 is 11.9 Å². The van der Waals surface area contributed by atoms with Gasteiger partial charge in [-0.1, -0.05) is 13.8 Å². The van der Waals surface area contributed by atoms with Crippen LogP contribution < -0.4 is 4.74 Å². The van der Waals surface area contributed by atoms with Crippen LogP contribution in [-0.4, -0.2) is 43.5 Å². The number of ether oxygens (including phenoxy) is 3. The number of carbonyl (C=O) groups is 2. The van der Waals surface area contributed by atoms with Crippen molar-refractivity contribution in [2.75, 3.05) is 26.4 Å². The predicted octanol–water partition coefficient (Wildman–Crippen LogP) is 2.19. The van der Waals surface area contributed by atoms with E-state index in [0.717, 1.165) is 6.42 Å². The van der Waals surface area contributed by atoms with Crippen LogP contribution in [0.15, 0.2) is 18.2 Å². The molecular formula is C16H22O6. The van der Waals surface area contributed by atoms with Crippen LogP contribution in [0.3, 0.4) is 0 Å². The summed E-state index contributed by atoms with van der Waals surface area (Å²) >= 11 is 0. The van der Waals surface area contributed by atoms with Gasteiger partial charge in [-0.05, 0) is 31.0 Å². The third-order valence-corrected chi connectivity index (χ3v) is 2.66. The van der Waals surface area contributed by atoms with Crippen LogP contribution >= 0.6 is 0 Å². The molecule has 0 aliphatic rings. The van der Waals surface area contributed by atoms with Crippen LogP contribution in [0.25, 0.3) is 0 Å². The Kier molecular flexibility index (Phi) is 7.99. The van der Waals surface area contributed by atoms with Crippen LogP contribution in [0.2, 0.25) is 0 Å². The highest BCUT2D eigenvalue weighted by atomic mass is 16.5. The van der Waals surface area contributed by atoms with Gasteiger partial charge in [0.05, 0.1) is 25.4 Å². The fourth-order valence-electron chi connectivity index (χ4n) is 1.64. The quantitative estimate of drug-likeness (QED) is 0.704. The first-order valence-electron chi connectivity index (χ1n) is 7.36.